The van der Waals surface area contributed by atoms with Gasteiger partial charge in [-0.15, -0.1) is 0 Å². The summed E-state index contributed by atoms with van der Waals surface area (Å²) in [4.78, 5) is 13.3. The van der Waals surface area contributed by atoms with Crippen molar-refractivity contribution < 1.29 is 19.0 Å². The smallest absolute Gasteiger partial charge is 0.321 e. The zero-order valence-electron chi connectivity index (χ0n) is 11.6. The van der Waals surface area contributed by atoms with Gasteiger partial charge in [0.25, 0.3) is 0 Å². The van der Waals surface area contributed by atoms with Crippen LogP contribution in [0.3, 0.4) is 0 Å². The lowest BCUT2D eigenvalue weighted by molar-refractivity contribution is 0.117. The Kier molecular flexibility index (Phi) is 4.44. The van der Waals surface area contributed by atoms with Gasteiger partial charge in [-0.05, 0) is 24.8 Å². The molecule has 5 nitrogen and oxygen atoms in total. The number of carbonyl (C=O) groups excluding carboxylic acids is 1. The van der Waals surface area contributed by atoms with Crippen LogP contribution in [0.25, 0.3) is 0 Å². The van der Waals surface area contributed by atoms with E-state index in [1.807, 2.05) is 0 Å². The topological polar surface area (TPSA) is 61.8 Å². The standard InChI is InChI=1S/C14H19FN2O3/c1-17(8-13(18)9-3-4-9)14(19)16-11-5-10(15)6-12(7-11)20-2/h5-7,9,13,18H,3-4,8H2,1-2H3,(H,16,19). The number of nitrogens with one attached hydrogen (secondary N) is 1. The van der Waals surface area contributed by atoms with Crippen molar-refractivity contribution in [2.24, 2.45) is 5.92 Å². The van der Waals surface area contributed by atoms with Crippen molar-refractivity contribution in [3.05, 3.63) is 24.0 Å². The Morgan fingerprint density at radius 2 is 2.25 bits per heavy atom. The van der Waals surface area contributed by atoms with Crippen LogP contribution in [-0.2, 0) is 0 Å². The molecule has 0 radical (unpaired) electrons. The fourth-order valence-electron chi connectivity index (χ4n) is 1.97. The van der Waals surface area contributed by atoms with Crippen molar-refractivity contribution in [1.82, 2.24) is 4.90 Å². The van der Waals surface area contributed by atoms with Crippen LogP contribution in [0, 0.1) is 11.7 Å². The molecule has 2 rings (SSSR count). The van der Waals surface area contributed by atoms with Gasteiger partial charge in [-0.1, -0.05) is 0 Å². The average molecular weight is 282 g/mol. The van der Waals surface area contributed by atoms with Gasteiger partial charge in [-0.25, -0.2) is 9.18 Å². The number of nitrogens with zero attached hydrogens (tertiary/aromatic N) is 1. The molecule has 1 aliphatic rings. The Labute approximate surface area is 117 Å². The number of aliphatic hydroxyl groups is 1. The summed E-state index contributed by atoms with van der Waals surface area (Å²) in [5.74, 6) is 0.154. The van der Waals surface area contributed by atoms with E-state index in [0.717, 1.165) is 12.8 Å². The van der Waals surface area contributed by atoms with Crippen LogP contribution in [-0.4, -0.2) is 42.8 Å². The summed E-state index contributed by atoms with van der Waals surface area (Å²) in [5, 5.41) is 12.4. The first kappa shape index (κ1) is 14.6. The van der Waals surface area contributed by atoms with E-state index in [9.17, 15) is 14.3 Å². The van der Waals surface area contributed by atoms with Crippen molar-refractivity contribution in [1.29, 1.82) is 0 Å². The van der Waals surface area contributed by atoms with E-state index in [1.165, 1.54) is 30.2 Å². The number of methoxy groups -OCH3 is 1. The number of ether oxygens (including phenoxy) is 1. The van der Waals surface area contributed by atoms with Crippen LogP contribution < -0.4 is 10.1 Å². The summed E-state index contributed by atoms with van der Waals surface area (Å²) in [6, 6.07) is 3.59. The quantitative estimate of drug-likeness (QED) is 0.869. The Bertz CT molecular complexity index is 491. The van der Waals surface area contributed by atoms with Crippen LogP contribution in [0.4, 0.5) is 14.9 Å². The molecule has 1 atom stereocenters. The molecule has 0 aliphatic heterocycles. The molecule has 0 aromatic heterocycles. The molecule has 2 amide bonds. The number of hydrogen-bond donors (Lipinski definition) is 2. The van der Waals surface area contributed by atoms with Crippen molar-refractivity contribution in [2.45, 2.75) is 18.9 Å². The molecular formula is C14H19FN2O3. The minimum Gasteiger partial charge on any atom is -0.497 e. The van der Waals surface area contributed by atoms with E-state index in [4.69, 9.17) is 4.74 Å². The highest BCUT2D eigenvalue weighted by Gasteiger charge is 2.31. The molecule has 1 saturated carbocycles. The number of likely N-dealkylation sites (N-methyl/N-ethyl adjacent to an activating group) is 1. The predicted molar refractivity (Wildman–Crippen MR) is 73.3 cm³/mol. The van der Waals surface area contributed by atoms with Crippen molar-refractivity contribution >= 4 is 11.7 Å². The van der Waals surface area contributed by atoms with Crippen LogP contribution in [0.1, 0.15) is 12.8 Å². The molecule has 1 unspecified atom stereocenters. The number of rotatable bonds is 5. The number of carbonyl (C=O) groups is 1. The third-order valence-electron chi connectivity index (χ3n) is 3.33. The molecule has 1 aromatic rings. The number of hydrogen-bond acceptors (Lipinski definition) is 3. The molecule has 1 fully saturated rings. The largest absolute Gasteiger partial charge is 0.497 e. The van der Waals surface area contributed by atoms with Gasteiger partial charge in [0.05, 0.1) is 13.2 Å². The number of urea groups is 1. The number of benzene rings is 1. The third kappa shape index (κ3) is 3.84. The van der Waals surface area contributed by atoms with Gasteiger partial charge in [-0.3, -0.25) is 0 Å². The number of aliphatic hydroxyl groups excluding tert-OH is 1. The zero-order valence-corrected chi connectivity index (χ0v) is 11.6. The first-order valence-electron chi connectivity index (χ1n) is 6.54. The minimum atomic E-state index is -0.493. The third-order valence-corrected chi connectivity index (χ3v) is 3.33. The second kappa shape index (κ2) is 6.09. The Hall–Kier alpha value is -1.82. The fourth-order valence-corrected chi connectivity index (χ4v) is 1.97. The van der Waals surface area contributed by atoms with Gasteiger partial charge in [0, 0.05) is 31.4 Å². The maximum absolute atomic E-state index is 13.3. The second-order valence-electron chi connectivity index (χ2n) is 5.10. The second-order valence-corrected chi connectivity index (χ2v) is 5.10. The van der Waals surface area contributed by atoms with E-state index >= 15 is 0 Å². The van der Waals surface area contributed by atoms with Crippen LogP contribution in [0.15, 0.2) is 18.2 Å². The molecular weight excluding hydrogens is 263 g/mol. The Morgan fingerprint density at radius 3 is 2.85 bits per heavy atom. The fraction of sp³-hybridized carbons (Fsp3) is 0.500. The molecule has 0 saturated heterocycles. The average Bonchev–Trinajstić information content (AvgIpc) is 3.21. The monoisotopic (exact) mass is 282 g/mol. The van der Waals surface area contributed by atoms with Crippen LogP contribution >= 0.6 is 0 Å². The summed E-state index contributed by atoms with van der Waals surface area (Å²) < 4.78 is 18.2. The van der Waals surface area contributed by atoms with E-state index in [-0.39, 0.29) is 6.54 Å². The van der Waals surface area contributed by atoms with Crippen molar-refractivity contribution in [2.75, 3.05) is 26.0 Å². The van der Waals surface area contributed by atoms with E-state index in [0.29, 0.717) is 17.4 Å². The molecule has 2 N–H and O–H groups in total. The lowest BCUT2D eigenvalue weighted by Gasteiger charge is -2.21. The molecule has 6 heteroatoms. The van der Waals surface area contributed by atoms with Gasteiger partial charge < -0.3 is 20.1 Å². The molecule has 0 spiro atoms. The van der Waals surface area contributed by atoms with Crippen molar-refractivity contribution in [3.8, 4) is 5.75 Å². The lowest BCUT2D eigenvalue weighted by atomic mass is 10.2. The van der Waals surface area contributed by atoms with Gasteiger partial charge in [0.1, 0.15) is 11.6 Å². The number of halogens is 1. The predicted octanol–water partition coefficient (Wildman–Crippen LogP) is 2.07. The molecule has 1 aliphatic carbocycles. The van der Waals surface area contributed by atoms with E-state index < -0.39 is 18.0 Å². The molecule has 1 aromatic carbocycles. The molecule has 0 heterocycles. The first-order chi connectivity index (χ1) is 9.49. The number of anilines is 1. The van der Waals surface area contributed by atoms with E-state index in [1.54, 1.807) is 7.05 Å². The van der Waals surface area contributed by atoms with Gasteiger partial charge in [0.2, 0.25) is 0 Å². The molecule has 0 bridgehead atoms. The highest BCUT2D eigenvalue weighted by Crippen LogP contribution is 2.32. The summed E-state index contributed by atoms with van der Waals surface area (Å²) >= 11 is 0. The van der Waals surface area contributed by atoms with Crippen LogP contribution in [0.5, 0.6) is 5.75 Å². The summed E-state index contributed by atoms with van der Waals surface area (Å²) in [5.41, 5.74) is 0.319. The minimum absolute atomic E-state index is 0.267. The normalized spacial score (nSPS) is 15.6. The van der Waals surface area contributed by atoms with Gasteiger partial charge in [-0.2, -0.15) is 0 Å². The Morgan fingerprint density at radius 1 is 1.55 bits per heavy atom. The lowest BCUT2D eigenvalue weighted by Crippen LogP contribution is -2.38. The maximum Gasteiger partial charge on any atom is 0.321 e. The summed E-state index contributed by atoms with van der Waals surface area (Å²) in [6.07, 6.45) is 1.53. The first-order valence-corrected chi connectivity index (χ1v) is 6.54. The van der Waals surface area contributed by atoms with Crippen molar-refractivity contribution in [3.63, 3.8) is 0 Å². The number of amides is 2. The highest BCUT2D eigenvalue weighted by molar-refractivity contribution is 5.89. The summed E-state index contributed by atoms with van der Waals surface area (Å²) in [7, 11) is 3.02. The molecule has 110 valence electrons. The SMILES string of the molecule is COc1cc(F)cc(NC(=O)N(C)CC(O)C2CC2)c1. The van der Waals surface area contributed by atoms with E-state index in [2.05, 4.69) is 5.32 Å². The van der Waals surface area contributed by atoms with Gasteiger partial charge in [0.15, 0.2) is 0 Å². The summed E-state index contributed by atoms with van der Waals surface area (Å²) in [6.45, 7) is 0.267. The van der Waals surface area contributed by atoms with Gasteiger partial charge >= 0.3 is 6.03 Å². The maximum atomic E-state index is 13.3. The van der Waals surface area contributed by atoms with Crippen LogP contribution in [0.2, 0.25) is 0 Å². The Balaban J connectivity index is 1.94. The zero-order chi connectivity index (χ0) is 14.7. The molecule has 20 heavy (non-hydrogen) atoms. The highest BCUT2D eigenvalue weighted by atomic mass is 19.1.